The van der Waals surface area contributed by atoms with Gasteiger partial charge < -0.3 is 78.7 Å². The lowest BCUT2D eigenvalue weighted by atomic mass is 9.97. The van der Waals surface area contributed by atoms with Crippen LogP contribution >= 0.6 is 11.8 Å². The number of benzene rings is 4. The van der Waals surface area contributed by atoms with Crippen LogP contribution in [0, 0.1) is 29.6 Å². The summed E-state index contributed by atoms with van der Waals surface area (Å²) in [6, 6.07) is 17.3. The molecule has 0 bridgehead atoms. The summed E-state index contributed by atoms with van der Waals surface area (Å²) in [7, 11) is 1.40. The number of H-pyrrole nitrogens is 2. The molecule has 2 aliphatic rings. The molecule has 30 heteroatoms. The van der Waals surface area contributed by atoms with Gasteiger partial charge in [-0.25, -0.2) is 4.98 Å². The van der Waals surface area contributed by atoms with E-state index in [9.17, 15) is 28.8 Å². The van der Waals surface area contributed by atoms with Crippen molar-refractivity contribution < 1.29 is 62.3 Å². The number of nitrogens with two attached hydrogens (primary N) is 1. The van der Waals surface area contributed by atoms with Crippen molar-refractivity contribution >= 4 is 99.5 Å². The largest absolute Gasteiger partial charge is 0.368 e. The number of aromatic nitrogens is 3. The van der Waals surface area contributed by atoms with Gasteiger partial charge in [-0.05, 0) is 96.1 Å². The Bertz CT molecular complexity index is 4250. The van der Waals surface area contributed by atoms with Crippen LogP contribution < -0.4 is 58.9 Å². The first kappa shape index (κ1) is 86.7. The highest BCUT2D eigenvalue weighted by Crippen LogP contribution is 2.26. The number of rotatable bonds is 17. The van der Waals surface area contributed by atoms with E-state index < -0.39 is 167 Å². The van der Waals surface area contributed by atoms with Crippen molar-refractivity contribution in [3.05, 3.63) is 150 Å². The number of amides is 13. The number of nitrogens with zero attached hydrogens (tertiary/aromatic N) is 3. The van der Waals surface area contributed by atoms with E-state index in [-0.39, 0.29) is 74.8 Å². The molecule has 2 aliphatic heterocycles. The van der Waals surface area contributed by atoms with Gasteiger partial charge in [0, 0.05) is 68.3 Å². The highest BCUT2D eigenvalue weighted by Gasteiger charge is 2.43. The Morgan fingerprint density at radius 2 is 1.01 bits per heavy atom. The zero-order chi connectivity index (χ0) is 81.6. The summed E-state index contributed by atoms with van der Waals surface area (Å²) in [5, 5.41) is 28.8. The predicted molar refractivity (Wildman–Crippen MR) is 426 cm³/mol. The molecule has 0 radical (unpaired) electrons. The van der Waals surface area contributed by atoms with Crippen molar-refractivity contribution in [2.45, 2.75) is 200 Å². The normalized spacial score (nSPS) is 24.4. The number of fused-ring (bicyclic) bond motifs is 2. The van der Waals surface area contributed by atoms with Crippen LogP contribution in [0.25, 0.3) is 22.0 Å². The fourth-order valence-electron chi connectivity index (χ4n) is 13.8. The molecule has 6 aromatic rings. The molecule has 29 nitrogen and oxygen atoms in total. The lowest BCUT2D eigenvalue weighted by molar-refractivity contribution is -0.144. The third-order valence-electron chi connectivity index (χ3n) is 20.0. The summed E-state index contributed by atoms with van der Waals surface area (Å²) in [5.74, 6) is -12.8. The number of para-hydroxylation sites is 1. The van der Waals surface area contributed by atoms with Crippen LogP contribution in [-0.2, 0) is 88.0 Å². The van der Waals surface area contributed by atoms with Crippen molar-refractivity contribution in [1.29, 1.82) is 0 Å². The van der Waals surface area contributed by atoms with Crippen molar-refractivity contribution in [3.8, 4) is 11.1 Å². The third kappa shape index (κ3) is 24.3. The van der Waals surface area contributed by atoms with E-state index in [0.29, 0.717) is 28.8 Å². The smallest absolute Gasteiger partial charge is 0.245 e. The quantitative estimate of drug-likeness (QED) is 0.0618. The topological polar surface area (TPSA) is 419 Å². The molecule has 0 unspecified atom stereocenters. The molecule has 0 saturated carbocycles. The van der Waals surface area contributed by atoms with Gasteiger partial charge in [0.15, 0.2) is 0 Å². The summed E-state index contributed by atoms with van der Waals surface area (Å²) < 4.78 is 0. The molecule has 13 amide bonds. The number of likely N-dealkylation sites (N-methyl/N-ethyl adjacent to an activating group) is 1. The number of aromatic amines is 2. The van der Waals surface area contributed by atoms with Gasteiger partial charge in [-0.1, -0.05) is 172 Å². The minimum absolute atomic E-state index is 0.0669. The molecule has 14 N–H and O–H groups in total. The zero-order valence-corrected chi connectivity index (χ0v) is 66.7. The van der Waals surface area contributed by atoms with E-state index in [2.05, 4.69) is 68.1 Å². The van der Waals surface area contributed by atoms with Crippen LogP contribution in [0.2, 0.25) is 0 Å². The average Bonchev–Trinajstić information content (AvgIpc) is 1.12. The summed E-state index contributed by atoms with van der Waals surface area (Å²) in [5.41, 5.74) is 10.6. The minimum atomic E-state index is -1.42. The SMILES string of the molecule is CC(C)C[C@@H]1NC(=O)[C@H](C)NC(=O)CSC[C@@H](C(N)=O)NC(=O)[C@H](C(C)C)NC(=O)[C@H](Cc2c[nH]c3ccccc23)NC(=O)[C@H](C(C)C)NC(=O)[C@H](Cc2ccc(-c3ccccc3)cc2)NC(=O)[C@@H]2CCCN2C(=O)[C@H](CC(C)C)NC(=O)[C@H](C(C)C)NC(=O)[C@H](Cc2ccccc2)N(C)C(=O)[C@H](Cc2c[nH]cn2)NC1=O. The van der Waals surface area contributed by atoms with Gasteiger partial charge in [-0.2, -0.15) is 0 Å². The third-order valence-corrected chi connectivity index (χ3v) is 21.1. The number of imidazole rings is 1. The Balaban J connectivity index is 1.16. The van der Waals surface area contributed by atoms with Gasteiger partial charge in [0.1, 0.15) is 72.5 Å². The molecule has 4 heterocycles. The Morgan fingerprint density at radius 1 is 0.500 bits per heavy atom. The molecule has 2 aromatic heterocycles. The van der Waals surface area contributed by atoms with Gasteiger partial charge in [0.25, 0.3) is 0 Å². The number of hydrogen-bond acceptors (Lipinski definition) is 15. The molecule has 112 heavy (non-hydrogen) atoms. The lowest BCUT2D eigenvalue weighted by Gasteiger charge is -2.34. The van der Waals surface area contributed by atoms with Crippen molar-refractivity contribution in [2.75, 3.05) is 25.1 Å². The van der Waals surface area contributed by atoms with E-state index in [0.717, 1.165) is 33.8 Å². The van der Waals surface area contributed by atoms with Crippen LogP contribution in [0.4, 0.5) is 0 Å². The second-order valence-electron chi connectivity index (χ2n) is 31.0. The van der Waals surface area contributed by atoms with Gasteiger partial charge >= 0.3 is 0 Å². The fraction of sp³-hybridized carbons (Fsp3) is 0.488. The maximum atomic E-state index is 15.3. The number of carbonyl (C=O) groups excluding carboxylic acids is 13. The standard InChI is InChI=1S/C82H110N16O13S/c1-45(2)34-59-73(102)91-63(39-56-41-84-44-86-56)81(110)97(12)66(37-51-22-15-13-16-23-51)77(106)96-70(49(9)10)79(108)92-62(35-46(3)4)82(111)98-33-21-28-65(98)76(105)89-60(36-52-29-31-54(32-30-52)53-24-17-14-18-25-53)74(103)94-68(47(5)6)78(107)90-61(38-55-40-85-58-27-20-19-26-57(55)58)75(104)95-69(48(7)8)80(109)93-64(71(83)100)42-112-43-67(99)87-50(11)72(101)88-59/h13-20,22-27,29-32,40-41,44-50,59-66,68-70,85H,21,28,33-39,42-43H2,1-12H3,(H2,83,100)(H,84,86)(H,87,99)(H,88,101)(H,89,105)(H,90,107)(H,91,102)(H,92,108)(H,93,109)(H,94,103)(H,95,104)(H,96,106)/t50-,59-,60-,61-,62-,63-,64-,65-,66-,68-,69-,70-/m0/s1. The van der Waals surface area contributed by atoms with Gasteiger partial charge in [0.05, 0.1) is 17.8 Å². The summed E-state index contributed by atoms with van der Waals surface area (Å²) in [6.07, 6.45) is 4.83. The summed E-state index contributed by atoms with van der Waals surface area (Å²) >= 11 is 0.904. The Morgan fingerprint density at radius 3 is 1.60 bits per heavy atom. The van der Waals surface area contributed by atoms with E-state index >= 15 is 33.6 Å². The number of hydrogen-bond donors (Lipinski definition) is 13. The second kappa shape index (κ2) is 40.9. The first-order valence-corrected chi connectivity index (χ1v) is 39.6. The van der Waals surface area contributed by atoms with Crippen molar-refractivity contribution in [3.63, 3.8) is 0 Å². The zero-order valence-electron chi connectivity index (χ0n) is 65.9. The second-order valence-corrected chi connectivity index (χ2v) is 32.0. The molecular formula is C82H110N16O13S. The van der Waals surface area contributed by atoms with E-state index in [1.54, 1.807) is 78.1 Å². The molecule has 2 fully saturated rings. The molecule has 0 spiro atoms. The van der Waals surface area contributed by atoms with Crippen LogP contribution in [0.5, 0.6) is 0 Å². The molecule has 4 aromatic carbocycles. The van der Waals surface area contributed by atoms with E-state index in [1.165, 1.54) is 36.3 Å². The number of primary amides is 1. The molecule has 2 saturated heterocycles. The Kier molecular flexibility index (Phi) is 31.6. The fourth-order valence-corrected chi connectivity index (χ4v) is 14.7. The first-order valence-electron chi connectivity index (χ1n) is 38.4. The summed E-state index contributed by atoms with van der Waals surface area (Å²) in [6.45, 7) is 19.0. The average molecular weight is 1560 g/mol. The highest BCUT2D eigenvalue weighted by atomic mass is 32.2. The van der Waals surface area contributed by atoms with Crippen LogP contribution in [0.1, 0.15) is 124 Å². The first-order chi connectivity index (χ1) is 53.3. The minimum Gasteiger partial charge on any atom is -0.368 e. The van der Waals surface area contributed by atoms with Gasteiger partial charge in [0.2, 0.25) is 76.8 Å². The molecule has 12 atom stereocenters. The predicted octanol–water partition coefficient (Wildman–Crippen LogP) is 3.81. The molecular weight excluding hydrogens is 1450 g/mol. The number of carbonyl (C=O) groups is 13. The number of nitrogens with one attached hydrogen (secondary N) is 12. The molecule has 602 valence electrons. The van der Waals surface area contributed by atoms with E-state index in [1.807, 2.05) is 107 Å². The van der Waals surface area contributed by atoms with Crippen LogP contribution in [0.3, 0.4) is 0 Å². The van der Waals surface area contributed by atoms with E-state index in [4.69, 9.17) is 5.73 Å². The maximum absolute atomic E-state index is 15.3. The number of thioether (sulfide) groups is 1. The van der Waals surface area contributed by atoms with Gasteiger partial charge in [-0.3, -0.25) is 62.3 Å². The summed E-state index contributed by atoms with van der Waals surface area (Å²) in [4.78, 5) is 204. The highest BCUT2D eigenvalue weighted by molar-refractivity contribution is 8.00. The molecule has 8 rings (SSSR count). The monoisotopic (exact) mass is 1560 g/mol. The van der Waals surface area contributed by atoms with Gasteiger partial charge in [-0.15, -0.1) is 11.8 Å². The van der Waals surface area contributed by atoms with Crippen molar-refractivity contribution in [2.24, 2.45) is 35.3 Å². The van der Waals surface area contributed by atoms with Crippen LogP contribution in [-0.4, -0.2) is 199 Å². The Labute approximate surface area is 658 Å². The lowest BCUT2D eigenvalue weighted by Crippen LogP contribution is -2.62. The maximum Gasteiger partial charge on any atom is 0.245 e. The molecule has 0 aliphatic carbocycles. The Hall–Kier alpha value is -10.9. The van der Waals surface area contributed by atoms with Crippen molar-refractivity contribution in [1.82, 2.24) is 77.9 Å². The van der Waals surface area contributed by atoms with Crippen LogP contribution in [0.15, 0.2) is 128 Å².